The maximum absolute atomic E-state index is 13.2. The summed E-state index contributed by atoms with van der Waals surface area (Å²) in [5.74, 6) is -0.522. The van der Waals surface area contributed by atoms with Crippen molar-refractivity contribution < 1.29 is 22.7 Å². The molecular formula is C21H23N3O5S. The number of benzene rings is 2. The molecule has 1 fully saturated rings. The van der Waals surface area contributed by atoms with Crippen LogP contribution in [-0.4, -0.2) is 44.2 Å². The zero-order valence-corrected chi connectivity index (χ0v) is 17.4. The summed E-state index contributed by atoms with van der Waals surface area (Å²) < 4.78 is 32.9. The number of piperidine rings is 1. The predicted molar refractivity (Wildman–Crippen MR) is 112 cm³/mol. The second-order valence-corrected chi connectivity index (χ2v) is 9.49. The molecule has 9 heteroatoms. The van der Waals surface area contributed by atoms with E-state index in [2.05, 4.69) is 10.6 Å². The number of carbonyl (C=O) groups excluding carboxylic acids is 2. The Morgan fingerprint density at radius 2 is 1.97 bits per heavy atom. The van der Waals surface area contributed by atoms with Crippen LogP contribution >= 0.6 is 0 Å². The molecule has 2 aliphatic heterocycles. The minimum atomic E-state index is -3.81. The number of sulfonamides is 1. The van der Waals surface area contributed by atoms with E-state index in [1.165, 1.54) is 22.5 Å². The molecule has 0 spiro atoms. The van der Waals surface area contributed by atoms with Gasteiger partial charge in [-0.05, 0) is 50.1 Å². The van der Waals surface area contributed by atoms with E-state index in [9.17, 15) is 18.0 Å². The van der Waals surface area contributed by atoms with Crippen LogP contribution in [0.4, 0.5) is 11.4 Å². The van der Waals surface area contributed by atoms with Gasteiger partial charge in [0, 0.05) is 18.8 Å². The number of nitrogens with zero attached hydrogens (tertiary/aromatic N) is 1. The van der Waals surface area contributed by atoms with Crippen LogP contribution in [0.1, 0.15) is 18.4 Å². The highest BCUT2D eigenvalue weighted by molar-refractivity contribution is 7.89. The topological polar surface area (TPSA) is 105 Å². The van der Waals surface area contributed by atoms with E-state index < -0.39 is 15.9 Å². The number of nitrogens with one attached hydrogen (secondary N) is 2. The van der Waals surface area contributed by atoms with Crippen LogP contribution in [0.2, 0.25) is 0 Å². The first-order chi connectivity index (χ1) is 14.3. The van der Waals surface area contributed by atoms with Crippen LogP contribution in [-0.2, 0) is 19.6 Å². The molecule has 2 aliphatic rings. The minimum Gasteiger partial charge on any atom is -0.482 e. The van der Waals surface area contributed by atoms with E-state index >= 15 is 0 Å². The standard InChI is InChI=1S/C21H23N3O5S/c1-14-4-6-16(7-5-14)22-21(26)15-3-2-10-24(12-15)30(27,28)17-8-9-19-18(11-17)23-20(25)13-29-19/h4-9,11,15H,2-3,10,12-13H2,1H3,(H,22,26)(H,23,25)/t15-/m0/s1. The Morgan fingerprint density at radius 3 is 2.73 bits per heavy atom. The average molecular weight is 429 g/mol. The van der Waals surface area contributed by atoms with Gasteiger partial charge in [0.2, 0.25) is 15.9 Å². The number of hydrogen-bond acceptors (Lipinski definition) is 5. The number of hydrogen-bond donors (Lipinski definition) is 2. The number of carbonyl (C=O) groups is 2. The maximum atomic E-state index is 13.2. The number of ether oxygens (including phenoxy) is 1. The van der Waals surface area contributed by atoms with E-state index in [0.29, 0.717) is 36.5 Å². The second-order valence-electron chi connectivity index (χ2n) is 7.55. The monoisotopic (exact) mass is 429 g/mol. The first kappa shape index (κ1) is 20.4. The molecule has 2 heterocycles. The highest BCUT2D eigenvalue weighted by atomic mass is 32.2. The van der Waals surface area contributed by atoms with E-state index in [-0.39, 0.29) is 29.9 Å². The molecule has 0 unspecified atom stereocenters. The molecule has 0 saturated carbocycles. The molecule has 2 N–H and O–H groups in total. The van der Waals surface area contributed by atoms with Gasteiger partial charge in [-0.15, -0.1) is 0 Å². The van der Waals surface area contributed by atoms with Crippen molar-refractivity contribution in [3.8, 4) is 5.75 Å². The predicted octanol–water partition coefficient (Wildman–Crippen LogP) is 2.37. The lowest BCUT2D eigenvalue weighted by Crippen LogP contribution is -2.43. The van der Waals surface area contributed by atoms with Crippen molar-refractivity contribution in [3.05, 3.63) is 48.0 Å². The van der Waals surface area contributed by atoms with Crippen LogP contribution in [0.25, 0.3) is 0 Å². The van der Waals surface area contributed by atoms with Gasteiger partial charge in [-0.1, -0.05) is 17.7 Å². The number of anilines is 2. The summed E-state index contributed by atoms with van der Waals surface area (Å²) in [5.41, 5.74) is 2.11. The first-order valence-corrected chi connectivity index (χ1v) is 11.2. The molecule has 2 aromatic carbocycles. The molecule has 1 atom stereocenters. The summed E-state index contributed by atoms with van der Waals surface area (Å²) in [4.78, 5) is 24.3. The van der Waals surface area contributed by atoms with Crippen molar-refractivity contribution in [3.63, 3.8) is 0 Å². The zero-order chi connectivity index (χ0) is 21.3. The summed E-state index contributed by atoms with van der Waals surface area (Å²) in [7, 11) is -3.81. The number of rotatable bonds is 4. The smallest absolute Gasteiger partial charge is 0.262 e. The summed E-state index contributed by atoms with van der Waals surface area (Å²) in [6.45, 7) is 2.33. The van der Waals surface area contributed by atoms with Gasteiger partial charge in [-0.25, -0.2) is 8.42 Å². The molecule has 2 amide bonds. The van der Waals surface area contributed by atoms with Crippen molar-refractivity contribution >= 4 is 33.2 Å². The molecule has 30 heavy (non-hydrogen) atoms. The highest BCUT2D eigenvalue weighted by Gasteiger charge is 2.34. The lowest BCUT2D eigenvalue weighted by atomic mass is 9.98. The fourth-order valence-electron chi connectivity index (χ4n) is 3.63. The third kappa shape index (κ3) is 4.17. The van der Waals surface area contributed by atoms with Crippen LogP contribution in [0.5, 0.6) is 5.75 Å². The fourth-order valence-corrected chi connectivity index (χ4v) is 5.18. The lowest BCUT2D eigenvalue weighted by molar-refractivity contribution is -0.121. The fraction of sp³-hybridized carbons (Fsp3) is 0.333. The number of fused-ring (bicyclic) bond motifs is 1. The number of amides is 2. The van der Waals surface area contributed by atoms with Crippen molar-refractivity contribution in [2.75, 3.05) is 30.3 Å². The molecule has 158 valence electrons. The Kier molecular flexibility index (Phi) is 5.48. The van der Waals surface area contributed by atoms with Gasteiger partial charge in [0.15, 0.2) is 6.61 Å². The second kappa shape index (κ2) is 8.08. The third-order valence-electron chi connectivity index (χ3n) is 5.30. The van der Waals surface area contributed by atoms with Gasteiger partial charge >= 0.3 is 0 Å². The van der Waals surface area contributed by atoms with Crippen molar-refractivity contribution in [1.82, 2.24) is 4.31 Å². The maximum Gasteiger partial charge on any atom is 0.262 e. The summed E-state index contributed by atoms with van der Waals surface area (Å²) in [6.07, 6.45) is 1.22. The van der Waals surface area contributed by atoms with Crippen LogP contribution in [0.15, 0.2) is 47.4 Å². The van der Waals surface area contributed by atoms with E-state index in [0.717, 1.165) is 5.56 Å². The van der Waals surface area contributed by atoms with Gasteiger partial charge in [0.05, 0.1) is 16.5 Å². The van der Waals surface area contributed by atoms with Crippen LogP contribution in [0.3, 0.4) is 0 Å². The SMILES string of the molecule is Cc1ccc(NC(=O)[C@H]2CCCN(S(=O)(=O)c3ccc4c(c3)NC(=O)CO4)C2)cc1. The van der Waals surface area contributed by atoms with Gasteiger partial charge in [-0.2, -0.15) is 4.31 Å². The molecule has 4 rings (SSSR count). The molecule has 1 saturated heterocycles. The first-order valence-electron chi connectivity index (χ1n) is 9.77. The third-order valence-corrected chi connectivity index (χ3v) is 7.16. The molecule has 0 aliphatic carbocycles. The van der Waals surface area contributed by atoms with Gasteiger partial charge in [0.25, 0.3) is 5.91 Å². The summed E-state index contributed by atoms with van der Waals surface area (Å²) in [5, 5.41) is 5.49. The Balaban J connectivity index is 1.49. The van der Waals surface area contributed by atoms with Crippen LogP contribution in [0, 0.1) is 12.8 Å². The molecular weight excluding hydrogens is 406 g/mol. The Morgan fingerprint density at radius 1 is 1.20 bits per heavy atom. The molecule has 0 aromatic heterocycles. The average Bonchev–Trinajstić information content (AvgIpc) is 2.75. The minimum absolute atomic E-state index is 0.0617. The van der Waals surface area contributed by atoms with Crippen molar-refractivity contribution in [2.24, 2.45) is 5.92 Å². The molecule has 0 radical (unpaired) electrons. The van der Waals surface area contributed by atoms with Crippen molar-refractivity contribution in [2.45, 2.75) is 24.7 Å². The van der Waals surface area contributed by atoms with E-state index in [1.807, 2.05) is 31.2 Å². The molecule has 2 aromatic rings. The van der Waals surface area contributed by atoms with Gasteiger partial charge in [0.1, 0.15) is 5.75 Å². The molecule has 8 nitrogen and oxygen atoms in total. The zero-order valence-electron chi connectivity index (χ0n) is 16.6. The Labute approximate surface area is 175 Å². The highest BCUT2D eigenvalue weighted by Crippen LogP contribution is 2.32. The normalized spacial score (nSPS) is 19.4. The Hall–Kier alpha value is -2.91. The summed E-state index contributed by atoms with van der Waals surface area (Å²) in [6, 6.07) is 11.9. The quantitative estimate of drug-likeness (QED) is 0.776. The van der Waals surface area contributed by atoms with Gasteiger partial charge < -0.3 is 15.4 Å². The largest absolute Gasteiger partial charge is 0.482 e. The van der Waals surface area contributed by atoms with E-state index in [4.69, 9.17) is 4.74 Å². The van der Waals surface area contributed by atoms with Crippen molar-refractivity contribution in [1.29, 1.82) is 0 Å². The lowest BCUT2D eigenvalue weighted by Gasteiger charge is -2.31. The summed E-state index contributed by atoms with van der Waals surface area (Å²) >= 11 is 0. The van der Waals surface area contributed by atoms with E-state index in [1.54, 1.807) is 0 Å². The molecule has 0 bridgehead atoms. The Bertz CT molecular complexity index is 1080. The number of aryl methyl sites for hydroxylation is 1. The van der Waals surface area contributed by atoms with Gasteiger partial charge in [-0.3, -0.25) is 9.59 Å². The van der Waals surface area contributed by atoms with Crippen LogP contribution < -0.4 is 15.4 Å².